The fraction of sp³-hybridized carbons (Fsp3) is 0.625. The van der Waals surface area contributed by atoms with Gasteiger partial charge in [-0.1, -0.05) is 15.9 Å². The zero-order chi connectivity index (χ0) is 13.1. The van der Waals surface area contributed by atoms with Crippen molar-refractivity contribution in [3.63, 3.8) is 0 Å². The summed E-state index contributed by atoms with van der Waals surface area (Å²) in [6, 6.07) is 6.56. The van der Waals surface area contributed by atoms with Crippen molar-refractivity contribution in [2.45, 2.75) is 32.1 Å². The Morgan fingerprint density at radius 2 is 1.84 bits per heavy atom. The van der Waals surface area contributed by atoms with Crippen molar-refractivity contribution in [2.24, 2.45) is 11.8 Å². The van der Waals surface area contributed by atoms with Crippen LogP contribution in [0, 0.1) is 11.8 Å². The molecule has 2 fully saturated rings. The van der Waals surface area contributed by atoms with Crippen LogP contribution in [0.1, 0.15) is 31.2 Å². The molecule has 1 aliphatic heterocycles. The minimum absolute atomic E-state index is 0.812. The molecule has 1 heterocycles. The molecule has 19 heavy (non-hydrogen) atoms. The summed E-state index contributed by atoms with van der Waals surface area (Å²) < 4.78 is 7.04. The molecule has 1 aromatic carbocycles. The Labute approximate surface area is 124 Å². The highest BCUT2D eigenvalue weighted by Gasteiger charge is 2.22. The van der Waals surface area contributed by atoms with E-state index in [1.165, 1.54) is 50.8 Å². The molecule has 104 valence electrons. The van der Waals surface area contributed by atoms with Crippen LogP contribution in [0.25, 0.3) is 0 Å². The molecule has 1 saturated carbocycles. The van der Waals surface area contributed by atoms with Crippen LogP contribution in [0.2, 0.25) is 0 Å². The van der Waals surface area contributed by atoms with E-state index in [9.17, 15) is 0 Å². The molecule has 0 bridgehead atoms. The van der Waals surface area contributed by atoms with Crippen LogP contribution < -0.4 is 10.1 Å². The zero-order valence-corrected chi connectivity index (χ0v) is 12.9. The van der Waals surface area contributed by atoms with Gasteiger partial charge in [0.25, 0.3) is 0 Å². The molecule has 0 aromatic heterocycles. The van der Waals surface area contributed by atoms with E-state index < -0.39 is 0 Å². The molecule has 0 spiro atoms. The van der Waals surface area contributed by atoms with Crippen LogP contribution in [-0.4, -0.2) is 19.7 Å². The topological polar surface area (TPSA) is 21.3 Å². The van der Waals surface area contributed by atoms with Gasteiger partial charge in [-0.25, -0.2) is 0 Å². The van der Waals surface area contributed by atoms with E-state index in [1.54, 1.807) is 0 Å². The number of piperidine rings is 1. The first-order chi connectivity index (χ1) is 9.29. The standard InChI is InChI=1S/C16H22BrNO/c17-15-8-14(7-12-3-5-18-6-4-12)9-16(10-15)19-11-13-1-2-13/h8-10,12-13,18H,1-7,11H2. The van der Waals surface area contributed by atoms with Gasteiger partial charge in [0.15, 0.2) is 0 Å². The van der Waals surface area contributed by atoms with Crippen molar-refractivity contribution in [3.8, 4) is 5.75 Å². The first-order valence-corrected chi connectivity index (χ1v) is 8.22. The van der Waals surface area contributed by atoms with Crippen LogP contribution in [0.15, 0.2) is 22.7 Å². The molecule has 2 aliphatic rings. The molecule has 1 saturated heterocycles. The lowest BCUT2D eigenvalue weighted by molar-refractivity contribution is 0.299. The van der Waals surface area contributed by atoms with Crippen LogP contribution in [-0.2, 0) is 6.42 Å². The van der Waals surface area contributed by atoms with E-state index in [0.29, 0.717) is 0 Å². The second-order valence-corrected chi connectivity index (χ2v) is 6.86. The maximum atomic E-state index is 5.90. The molecular formula is C16H22BrNO. The number of hydrogen-bond acceptors (Lipinski definition) is 2. The lowest BCUT2D eigenvalue weighted by Gasteiger charge is -2.22. The maximum absolute atomic E-state index is 5.90. The van der Waals surface area contributed by atoms with Crippen molar-refractivity contribution >= 4 is 15.9 Å². The number of nitrogens with one attached hydrogen (secondary N) is 1. The molecule has 0 amide bonds. The third-order valence-corrected chi connectivity index (χ3v) is 4.55. The Kier molecular flexibility index (Phi) is 4.44. The smallest absolute Gasteiger partial charge is 0.120 e. The van der Waals surface area contributed by atoms with Crippen LogP contribution in [0.3, 0.4) is 0 Å². The zero-order valence-electron chi connectivity index (χ0n) is 11.3. The highest BCUT2D eigenvalue weighted by Crippen LogP contribution is 2.31. The Bertz CT molecular complexity index is 425. The number of hydrogen-bond donors (Lipinski definition) is 1. The molecule has 3 rings (SSSR count). The van der Waals surface area contributed by atoms with Crippen molar-refractivity contribution in [3.05, 3.63) is 28.2 Å². The minimum atomic E-state index is 0.812. The normalized spacial score (nSPS) is 20.5. The fourth-order valence-electron chi connectivity index (χ4n) is 2.74. The van der Waals surface area contributed by atoms with E-state index in [4.69, 9.17) is 4.74 Å². The van der Waals surface area contributed by atoms with Gasteiger partial charge in [-0.15, -0.1) is 0 Å². The van der Waals surface area contributed by atoms with Crippen molar-refractivity contribution < 1.29 is 4.74 Å². The highest BCUT2D eigenvalue weighted by atomic mass is 79.9. The highest BCUT2D eigenvalue weighted by molar-refractivity contribution is 9.10. The number of rotatable bonds is 5. The van der Waals surface area contributed by atoms with Crippen LogP contribution in [0.5, 0.6) is 5.75 Å². The Morgan fingerprint density at radius 1 is 1.05 bits per heavy atom. The van der Waals surface area contributed by atoms with E-state index in [0.717, 1.165) is 28.7 Å². The van der Waals surface area contributed by atoms with Crippen molar-refractivity contribution in [1.82, 2.24) is 5.32 Å². The van der Waals surface area contributed by atoms with E-state index in [-0.39, 0.29) is 0 Å². The monoisotopic (exact) mass is 323 g/mol. The quantitative estimate of drug-likeness (QED) is 0.890. The van der Waals surface area contributed by atoms with E-state index >= 15 is 0 Å². The minimum Gasteiger partial charge on any atom is -0.493 e. The van der Waals surface area contributed by atoms with Gasteiger partial charge >= 0.3 is 0 Å². The van der Waals surface area contributed by atoms with Gasteiger partial charge in [0, 0.05) is 4.47 Å². The van der Waals surface area contributed by atoms with Crippen LogP contribution >= 0.6 is 15.9 Å². The average Bonchev–Trinajstić information content (AvgIpc) is 3.21. The van der Waals surface area contributed by atoms with Gasteiger partial charge in [-0.2, -0.15) is 0 Å². The Balaban J connectivity index is 1.62. The summed E-state index contributed by atoms with van der Waals surface area (Å²) in [6.07, 6.45) is 6.46. The number of ether oxygens (including phenoxy) is 1. The summed E-state index contributed by atoms with van der Waals surface area (Å²) in [5.74, 6) is 2.67. The van der Waals surface area contributed by atoms with Crippen molar-refractivity contribution in [2.75, 3.05) is 19.7 Å². The van der Waals surface area contributed by atoms with Gasteiger partial charge in [0.1, 0.15) is 5.75 Å². The van der Waals surface area contributed by atoms with Crippen molar-refractivity contribution in [1.29, 1.82) is 0 Å². The van der Waals surface area contributed by atoms with Gasteiger partial charge in [0.2, 0.25) is 0 Å². The molecule has 1 aromatic rings. The molecule has 1 aliphatic carbocycles. The second kappa shape index (κ2) is 6.27. The van der Waals surface area contributed by atoms with E-state index in [1.807, 2.05) is 0 Å². The van der Waals surface area contributed by atoms with Gasteiger partial charge in [0.05, 0.1) is 6.61 Å². The summed E-state index contributed by atoms with van der Waals surface area (Å²) in [6.45, 7) is 3.23. The third-order valence-electron chi connectivity index (χ3n) is 4.10. The largest absolute Gasteiger partial charge is 0.493 e. The van der Waals surface area contributed by atoms with Crippen LogP contribution in [0.4, 0.5) is 0 Å². The fourth-order valence-corrected chi connectivity index (χ4v) is 3.26. The summed E-state index contributed by atoms with van der Waals surface area (Å²) in [5, 5.41) is 3.43. The SMILES string of the molecule is Brc1cc(CC2CCNCC2)cc(OCC2CC2)c1. The maximum Gasteiger partial charge on any atom is 0.120 e. The number of halogens is 1. The number of benzene rings is 1. The molecule has 0 unspecified atom stereocenters. The summed E-state index contributed by atoms with van der Waals surface area (Å²) in [7, 11) is 0. The summed E-state index contributed by atoms with van der Waals surface area (Å²) in [5.41, 5.74) is 1.41. The van der Waals surface area contributed by atoms with Gasteiger partial charge in [-0.3, -0.25) is 0 Å². The summed E-state index contributed by atoms with van der Waals surface area (Å²) in [4.78, 5) is 0. The average molecular weight is 324 g/mol. The predicted octanol–water partition coefficient (Wildman–Crippen LogP) is 3.78. The molecule has 0 radical (unpaired) electrons. The lowest BCUT2D eigenvalue weighted by Crippen LogP contribution is -2.28. The van der Waals surface area contributed by atoms with Gasteiger partial charge in [-0.05, 0) is 80.8 Å². The predicted molar refractivity (Wildman–Crippen MR) is 81.7 cm³/mol. The first-order valence-electron chi connectivity index (χ1n) is 7.42. The lowest BCUT2D eigenvalue weighted by atomic mass is 9.91. The second-order valence-electron chi connectivity index (χ2n) is 5.95. The molecule has 1 N–H and O–H groups in total. The molecule has 2 nitrogen and oxygen atoms in total. The molecular weight excluding hydrogens is 302 g/mol. The first kappa shape index (κ1) is 13.4. The Hall–Kier alpha value is -0.540. The van der Waals surface area contributed by atoms with Gasteiger partial charge < -0.3 is 10.1 Å². The third kappa shape index (κ3) is 4.22. The molecule has 3 heteroatoms. The Morgan fingerprint density at radius 3 is 2.58 bits per heavy atom. The van der Waals surface area contributed by atoms with E-state index in [2.05, 4.69) is 39.4 Å². The summed E-state index contributed by atoms with van der Waals surface area (Å²) >= 11 is 3.61. The molecule has 0 atom stereocenters.